The first kappa shape index (κ1) is 22.5. The van der Waals surface area contributed by atoms with Crippen LogP contribution in [0.25, 0.3) is 11.0 Å². The Morgan fingerprint density at radius 3 is 2.48 bits per heavy atom. The van der Waals surface area contributed by atoms with E-state index >= 15 is 0 Å². The maximum atomic E-state index is 12.1. The van der Waals surface area contributed by atoms with Crippen molar-refractivity contribution in [2.45, 2.75) is 59.2 Å². The van der Waals surface area contributed by atoms with Crippen molar-refractivity contribution >= 4 is 23.1 Å². The van der Waals surface area contributed by atoms with Crippen LogP contribution in [0.1, 0.15) is 47.4 Å². The van der Waals surface area contributed by atoms with Crippen LogP contribution >= 0.6 is 0 Å². The van der Waals surface area contributed by atoms with Gasteiger partial charge in [0, 0.05) is 20.1 Å². The Bertz CT molecular complexity index is 864. The number of carbonyl (C=O) groups excluding carboxylic acids is 1. The molecule has 8 heteroatoms. The number of ether oxygens (including phenoxy) is 1. The van der Waals surface area contributed by atoms with Crippen LogP contribution in [0.5, 0.6) is 0 Å². The van der Waals surface area contributed by atoms with Gasteiger partial charge in [0.25, 0.3) is 0 Å². The number of para-hydroxylation sites is 2. The predicted octanol–water partition coefficient (Wildman–Crippen LogP) is 2.93. The summed E-state index contributed by atoms with van der Waals surface area (Å²) in [5.74, 6) is 1.55. The molecular formula is C21H34N6O2. The second-order valence-corrected chi connectivity index (χ2v) is 8.64. The van der Waals surface area contributed by atoms with Gasteiger partial charge in [0.1, 0.15) is 18.0 Å². The van der Waals surface area contributed by atoms with Gasteiger partial charge in [-0.2, -0.15) is 0 Å². The van der Waals surface area contributed by atoms with E-state index < -0.39 is 17.2 Å². The molecule has 2 rings (SSSR count). The van der Waals surface area contributed by atoms with Gasteiger partial charge in [-0.3, -0.25) is 0 Å². The van der Waals surface area contributed by atoms with E-state index in [0.29, 0.717) is 19.0 Å². The Labute approximate surface area is 173 Å². The van der Waals surface area contributed by atoms with Crippen LogP contribution in [0.2, 0.25) is 0 Å². The van der Waals surface area contributed by atoms with Gasteiger partial charge in [-0.25, -0.2) is 14.8 Å². The molecule has 0 saturated carbocycles. The smallest absolute Gasteiger partial charge is 0.408 e. The van der Waals surface area contributed by atoms with E-state index in [1.165, 1.54) is 0 Å². The number of nitrogens with zero attached hydrogens (tertiary/aromatic N) is 3. The molecule has 8 nitrogen and oxygen atoms in total. The minimum Gasteiger partial charge on any atom is -0.444 e. The Morgan fingerprint density at radius 1 is 1.17 bits per heavy atom. The third kappa shape index (κ3) is 6.96. The number of carbonyl (C=O) groups is 1. The Balaban J connectivity index is 2.01. The van der Waals surface area contributed by atoms with Crippen molar-refractivity contribution in [1.82, 2.24) is 25.5 Å². The van der Waals surface area contributed by atoms with E-state index in [0.717, 1.165) is 23.4 Å². The Hall–Kier alpha value is -2.77. The van der Waals surface area contributed by atoms with Crippen molar-refractivity contribution in [3.63, 3.8) is 0 Å². The van der Waals surface area contributed by atoms with Crippen LogP contribution < -0.4 is 16.0 Å². The first-order valence-corrected chi connectivity index (χ1v) is 9.94. The third-order valence-electron chi connectivity index (χ3n) is 4.14. The highest BCUT2D eigenvalue weighted by Gasteiger charge is 2.24. The van der Waals surface area contributed by atoms with Gasteiger partial charge in [0.05, 0.1) is 16.6 Å². The second-order valence-electron chi connectivity index (χ2n) is 8.64. The molecule has 160 valence electrons. The quantitative estimate of drug-likeness (QED) is 0.510. The SMILES string of the molecule is CCNC(=NCc1nc2ccccc2n1C)NCC(C)(C)NC(=O)OC(C)(C)C. The van der Waals surface area contributed by atoms with Crippen LogP contribution in [0.3, 0.4) is 0 Å². The number of aryl methyl sites for hydroxylation is 1. The van der Waals surface area contributed by atoms with Gasteiger partial charge in [-0.1, -0.05) is 12.1 Å². The van der Waals surface area contributed by atoms with Crippen molar-refractivity contribution in [2.75, 3.05) is 13.1 Å². The molecule has 0 atom stereocenters. The van der Waals surface area contributed by atoms with Gasteiger partial charge < -0.3 is 25.3 Å². The molecule has 1 aromatic heterocycles. The van der Waals surface area contributed by atoms with Gasteiger partial charge in [-0.15, -0.1) is 0 Å². The second kappa shape index (κ2) is 9.15. The molecule has 0 spiro atoms. The summed E-state index contributed by atoms with van der Waals surface area (Å²) in [4.78, 5) is 21.4. The van der Waals surface area contributed by atoms with E-state index in [1.54, 1.807) is 0 Å². The largest absolute Gasteiger partial charge is 0.444 e. The number of benzene rings is 1. The first-order chi connectivity index (χ1) is 13.5. The van der Waals surface area contributed by atoms with Crippen LogP contribution in [0.15, 0.2) is 29.3 Å². The van der Waals surface area contributed by atoms with E-state index in [-0.39, 0.29) is 0 Å². The third-order valence-corrected chi connectivity index (χ3v) is 4.14. The molecule has 1 heterocycles. The fourth-order valence-corrected chi connectivity index (χ4v) is 2.76. The Morgan fingerprint density at radius 2 is 1.86 bits per heavy atom. The zero-order chi connectivity index (χ0) is 21.7. The zero-order valence-electron chi connectivity index (χ0n) is 18.6. The number of alkyl carbamates (subject to hydrolysis) is 1. The standard InChI is InChI=1S/C21H34N6O2/c1-8-22-18(24-14-21(5,6)26-19(28)29-20(2,3)4)23-13-17-25-15-11-9-10-12-16(15)27(17)7/h9-12H,8,13-14H2,1-7H3,(H,26,28)(H2,22,23,24). The lowest BCUT2D eigenvalue weighted by molar-refractivity contribution is 0.0474. The number of aliphatic imine (C=N–C) groups is 1. The van der Waals surface area contributed by atoms with Crippen LogP contribution in [-0.4, -0.2) is 45.8 Å². The number of hydrogen-bond donors (Lipinski definition) is 3. The molecule has 29 heavy (non-hydrogen) atoms. The molecule has 0 bridgehead atoms. The lowest BCUT2D eigenvalue weighted by atomic mass is 10.1. The monoisotopic (exact) mass is 402 g/mol. The average Bonchev–Trinajstić information content (AvgIpc) is 2.91. The summed E-state index contributed by atoms with van der Waals surface area (Å²) >= 11 is 0. The average molecular weight is 403 g/mol. The summed E-state index contributed by atoms with van der Waals surface area (Å²) in [7, 11) is 1.99. The topological polar surface area (TPSA) is 92.6 Å². The molecule has 2 aromatic rings. The van der Waals surface area contributed by atoms with Crippen molar-refractivity contribution in [3.8, 4) is 0 Å². The molecule has 0 aliphatic carbocycles. The maximum Gasteiger partial charge on any atom is 0.408 e. The zero-order valence-corrected chi connectivity index (χ0v) is 18.6. The molecule has 3 N–H and O–H groups in total. The molecule has 0 aliphatic rings. The normalized spacial score (nSPS) is 12.7. The van der Waals surface area contributed by atoms with Gasteiger partial charge in [0.2, 0.25) is 0 Å². The maximum absolute atomic E-state index is 12.1. The van der Waals surface area contributed by atoms with Crippen LogP contribution in [-0.2, 0) is 18.3 Å². The minimum absolute atomic E-state index is 0.439. The number of hydrogen-bond acceptors (Lipinski definition) is 4. The Kier molecular flexibility index (Phi) is 7.11. The van der Waals surface area contributed by atoms with Gasteiger partial charge >= 0.3 is 6.09 Å². The summed E-state index contributed by atoms with van der Waals surface area (Å²) in [5.41, 5.74) is 0.991. The molecule has 0 unspecified atom stereocenters. The number of guanidine groups is 1. The molecular weight excluding hydrogens is 368 g/mol. The highest BCUT2D eigenvalue weighted by atomic mass is 16.6. The number of amides is 1. The molecule has 0 fully saturated rings. The summed E-state index contributed by atoms with van der Waals surface area (Å²) in [6.07, 6.45) is -0.439. The number of nitrogens with one attached hydrogen (secondary N) is 3. The van der Waals surface area contributed by atoms with Crippen LogP contribution in [0, 0.1) is 0 Å². The van der Waals surface area contributed by atoms with Crippen molar-refractivity contribution in [1.29, 1.82) is 0 Å². The molecule has 1 aromatic carbocycles. The van der Waals surface area contributed by atoms with Crippen molar-refractivity contribution in [3.05, 3.63) is 30.1 Å². The molecule has 1 amide bonds. The van der Waals surface area contributed by atoms with E-state index in [1.807, 2.05) is 72.9 Å². The lowest BCUT2D eigenvalue weighted by Crippen LogP contribution is -2.54. The highest BCUT2D eigenvalue weighted by Crippen LogP contribution is 2.14. The first-order valence-electron chi connectivity index (χ1n) is 9.94. The molecule has 0 aliphatic heterocycles. The fourth-order valence-electron chi connectivity index (χ4n) is 2.76. The number of rotatable bonds is 6. The van der Waals surface area contributed by atoms with E-state index in [4.69, 9.17) is 4.74 Å². The predicted molar refractivity (Wildman–Crippen MR) is 117 cm³/mol. The minimum atomic E-state index is -0.532. The number of imidazole rings is 1. The van der Waals surface area contributed by atoms with Gasteiger partial charge in [0.15, 0.2) is 5.96 Å². The van der Waals surface area contributed by atoms with Crippen molar-refractivity contribution in [2.24, 2.45) is 12.0 Å². The summed E-state index contributed by atoms with van der Waals surface area (Å²) < 4.78 is 7.39. The summed E-state index contributed by atoms with van der Waals surface area (Å²) in [6.45, 7) is 13.1. The molecule has 0 radical (unpaired) electrons. The van der Waals surface area contributed by atoms with E-state index in [2.05, 4.69) is 30.5 Å². The van der Waals surface area contributed by atoms with Crippen molar-refractivity contribution < 1.29 is 9.53 Å². The summed E-state index contributed by atoms with van der Waals surface area (Å²) in [6, 6.07) is 8.02. The lowest BCUT2D eigenvalue weighted by Gasteiger charge is -2.29. The van der Waals surface area contributed by atoms with E-state index in [9.17, 15) is 4.79 Å². The van der Waals surface area contributed by atoms with Gasteiger partial charge in [-0.05, 0) is 53.7 Å². The molecule has 0 saturated heterocycles. The van der Waals surface area contributed by atoms with Crippen LogP contribution in [0.4, 0.5) is 4.79 Å². The highest BCUT2D eigenvalue weighted by molar-refractivity contribution is 5.80. The summed E-state index contributed by atoms with van der Waals surface area (Å²) in [5, 5.41) is 9.40. The number of aromatic nitrogens is 2. The fraction of sp³-hybridized carbons (Fsp3) is 0.571. The number of fused-ring (bicyclic) bond motifs is 1.